The number of hydrogen-bond acceptors (Lipinski definition) is 2. The molecule has 1 aliphatic heterocycles. The molecule has 2 unspecified atom stereocenters. The molecule has 3 rings (SSSR count). The van der Waals surface area contributed by atoms with Crippen molar-refractivity contribution in [3.8, 4) is 0 Å². The Hall–Kier alpha value is -1.97. The SMILES string of the molecule is C=CC(OC(Cc1ccccc1)C1CCNCC1)c1cccc(F)c1. The second-order valence-corrected chi connectivity index (χ2v) is 6.66. The highest BCUT2D eigenvalue weighted by molar-refractivity contribution is 5.22. The van der Waals surface area contributed by atoms with Crippen LogP contribution < -0.4 is 5.32 Å². The molecule has 2 aromatic carbocycles. The highest BCUT2D eigenvalue weighted by Gasteiger charge is 2.27. The van der Waals surface area contributed by atoms with E-state index in [2.05, 4.69) is 36.2 Å². The van der Waals surface area contributed by atoms with Gasteiger partial charge in [0.1, 0.15) is 11.9 Å². The summed E-state index contributed by atoms with van der Waals surface area (Å²) in [5, 5.41) is 3.41. The fourth-order valence-corrected chi connectivity index (χ4v) is 3.53. The maximum Gasteiger partial charge on any atom is 0.123 e. The summed E-state index contributed by atoms with van der Waals surface area (Å²) in [4.78, 5) is 0. The molecule has 1 saturated heterocycles. The Morgan fingerprint density at radius 1 is 1.12 bits per heavy atom. The average Bonchev–Trinajstić information content (AvgIpc) is 2.66. The molecule has 0 bridgehead atoms. The second-order valence-electron chi connectivity index (χ2n) is 6.66. The first-order valence-corrected chi connectivity index (χ1v) is 9.04. The van der Waals surface area contributed by atoms with Crippen molar-refractivity contribution in [1.82, 2.24) is 5.32 Å². The normalized spacial score (nSPS) is 17.8. The molecule has 0 saturated carbocycles. The minimum absolute atomic E-state index is 0.0933. The monoisotopic (exact) mass is 339 g/mol. The smallest absolute Gasteiger partial charge is 0.123 e. The maximum atomic E-state index is 13.6. The summed E-state index contributed by atoms with van der Waals surface area (Å²) in [6, 6.07) is 17.1. The van der Waals surface area contributed by atoms with Gasteiger partial charge in [-0.25, -0.2) is 4.39 Å². The van der Waals surface area contributed by atoms with Gasteiger partial charge in [-0.3, -0.25) is 0 Å². The van der Waals surface area contributed by atoms with Crippen molar-refractivity contribution in [2.45, 2.75) is 31.5 Å². The third-order valence-electron chi connectivity index (χ3n) is 4.90. The van der Waals surface area contributed by atoms with E-state index in [9.17, 15) is 4.39 Å². The van der Waals surface area contributed by atoms with Crippen LogP contribution in [-0.4, -0.2) is 19.2 Å². The molecule has 0 aromatic heterocycles. The van der Waals surface area contributed by atoms with E-state index in [-0.39, 0.29) is 18.0 Å². The lowest BCUT2D eigenvalue weighted by atomic mass is 9.88. The van der Waals surface area contributed by atoms with Crippen LogP contribution in [0.15, 0.2) is 67.3 Å². The van der Waals surface area contributed by atoms with Crippen LogP contribution >= 0.6 is 0 Å². The van der Waals surface area contributed by atoms with E-state index in [1.54, 1.807) is 12.1 Å². The third-order valence-corrected chi connectivity index (χ3v) is 4.90. The van der Waals surface area contributed by atoms with Crippen molar-refractivity contribution in [2.24, 2.45) is 5.92 Å². The molecule has 1 aliphatic rings. The summed E-state index contributed by atoms with van der Waals surface area (Å²) in [7, 11) is 0. The van der Waals surface area contributed by atoms with Gasteiger partial charge in [-0.1, -0.05) is 48.5 Å². The Kier molecular flexibility index (Phi) is 6.37. The predicted octanol–water partition coefficient (Wildman–Crippen LogP) is 4.68. The van der Waals surface area contributed by atoms with E-state index >= 15 is 0 Å². The van der Waals surface area contributed by atoms with Crippen LogP contribution in [0.4, 0.5) is 4.39 Å². The van der Waals surface area contributed by atoms with Gasteiger partial charge in [0.15, 0.2) is 0 Å². The average molecular weight is 339 g/mol. The Balaban J connectivity index is 1.78. The van der Waals surface area contributed by atoms with Crippen molar-refractivity contribution in [1.29, 1.82) is 0 Å². The van der Waals surface area contributed by atoms with Crippen LogP contribution in [0.25, 0.3) is 0 Å². The molecule has 0 spiro atoms. The van der Waals surface area contributed by atoms with Crippen LogP contribution in [0.1, 0.15) is 30.1 Å². The van der Waals surface area contributed by atoms with Gasteiger partial charge in [0.25, 0.3) is 0 Å². The second kappa shape index (κ2) is 8.93. The fraction of sp³-hybridized carbons (Fsp3) is 0.364. The van der Waals surface area contributed by atoms with E-state index in [0.717, 1.165) is 37.9 Å². The minimum Gasteiger partial charge on any atom is -0.366 e. The molecular formula is C22H26FNO. The summed E-state index contributed by atoms with van der Waals surface area (Å²) in [5.74, 6) is 0.256. The van der Waals surface area contributed by atoms with E-state index in [4.69, 9.17) is 4.74 Å². The van der Waals surface area contributed by atoms with Crippen LogP contribution in [-0.2, 0) is 11.2 Å². The molecule has 132 valence electrons. The standard InChI is InChI=1S/C22H26FNO/c1-2-21(19-9-6-10-20(23)16-19)25-22(18-11-13-24-14-12-18)15-17-7-4-3-5-8-17/h2-10,16,18,21-22,24H,1,11-15H2. The highest BCUT2D eigenvalue weighted by Crippen LogP contribution is 2.29. The number of rotatable bonds is 7. The van der Waals surface area contributed by atoms with Crippen molar-refractivity contribution in [2.75, 3.05) is 13.1 Å². The minimum atomic E-state index is -0.292. The molecule has 1 fully saturated rings. The first-order valence-electron chi connectivity index (χ1n) is 9.04. The molecule has 25 heavy (non-hydrogen) atoms. The Morgan fingerprint density at radius 2 is 1.88 bits per heavy atom. The van der Waals surface area contributed by atoms with E-state index in [1.165, 1.54) is 17.7 Å². The lowest BCUT2D eigenvalue weighted by molar-refractivity contribution is -0.0301. The van der Waals surface area contributed by atoms with Gasteiger partial charge in [0, 0.05) is 0 Å². The van der Waals surface area contributed by atoms with Gasteiger partial charge >= 0.3 is 0 Å². The summed E-state index contributed by atoms with van der Waals surface area (Å²) in [5.41, 5.74) is 2.09. The zero-order valence-corrected chi connectivity index (χ0v) is 14.5. The predicted molar refractivity (Wildman–Crippen MR) is 100.0 cm³/mol. The zero-order valence-electron chi connectivity index (χ0n) is 14.5. The topological polar surface area (TPSA) is 21.3 Å². The molecule has 0 aliphatic carbocycles. The zero-order chi connectivity index (χ0) is 17.5. The van der Waals surface area contributed by atoms with E-state index in [1.807, 2.05) is 12.1 Å². The molecular weight excluding hydrogens is 313 g/mol. The van der Waals surface area contributed by atoms with E-state index < -0.39 is 0 Å². The van der Waals surface area contributed by atoms with Gasteiger partial charge in [-0.05, 0) is 61.5 Å². The quantitative estimate of drug-likeness (QED) is 0.740. The summed E-state index contributed by atoms with van der Waals surface area (Å²) in [6.45, 7) is 5.96. The molecule has 1 N–H and O–H groups in total. The van der Waals surface area contributed by atoms with Crippen LogP contribution in [0, 0.1) is 11.7 Å². The van der Waals surface area contributed by atoms with Crippen LogP contribution in [0.3, 0.4) is 0 Å². The third kappa shape index (κ3) is 5.00. The first kappa shape index (κ1) is 17.8. The van der Waals surface area contributed by atoms with Gasteiger partial charge in [0.05, 0.1) is 6.10 Å². The summed E-state index contributed by atoms with van der Waals surface area (Å²) >= 11 is 0. The molecule has 2 nitrogen and oxygen atoms in total. The van der Waals surface area contributed by atoms with Crippen LogP contribution in [0.2, 0.25) is 0 Å². The van der Waals surface area contributed by atoms with E-state index in [0.29, 0.717) is 5.92 Å². The number of nitrogens with one attached hydrogen (secondary N) is 1. The number of halogens is 1. The highest BCUT2D eigenvalue weighted by atomic mass is 19.1. The van der Waals surface area contributed by atoms with Crippen LogP contribution in [0.5, 0.6) is 0 Å². The number of benzene rings is 2. The molecule has 1 heterocycles. The molecule has 3 heteroatoms. The fourth-order valence-electron chi connectivity index (χ4n) is 3.53. The number of ether oxygens (including phenoxy) is 1. The Labute approximate surface area is 149 Å². The van der Waals surface area contributed by atoms with Gasteiger partial charge in [0.2, 0.25) is 0 Å². The van der Waals surface area contributed by atoms with Gasteiger partial charge in [-0.15, -0.1) is 6.58 Å². The van der Waals surface area contributed by atoms with Gasteiger partial charge in [-0.2, -0.15) is 0 Å². The van der Waals surface area contributed by atoms with Crippen molar-refractivity contribution >= 4 is 0 Å². The first-order chi connectivity index (χ1) is 12.3. The summed E-state index contributed by atoms with van der Waals surface area (Å²) < 4.78 is 20.1. The largest absolute Gasteiger partial charge is 0.366 e. The lowest BCUT2D eigenvalue weighted by Crippen LogP contribution is -2.37. The Morgan fingerprint density at radius 3 is 2.56 bits per heavy atom. The maximum absolute atomic E-state index is 13.6. The van der Waals surface area contributed by atoms with Crippen molar-refractivity contribution in [3.63, 3.8) is 0 Å². The molecule has 0 radical (unpaired) electrons. The molecule has 2 atom stereocenters. The number of hydrogen-bond donors (Lipinski definition) is 1. The Bertz CT molecular complexity index is 667. The molecule has 0 amide bonds. The van der Waals surface area contributed by atoms with Crippen molar-refractivity contribution < 1.29 is 9.13 Å². The summed E-state index contributed by atoms with van der Waals surface area (Å²) in [6.07, 6.45) is 4.64. The lowest BCUT2D eigenvalue weighted by Gasteiger charge is -2.33. The molecule has 2 aromatic rings. The van der Waals surface area contributed by atoms with Gasteiger partial charge < -0.3 is 10.1 Å². The van der Waals surface area contributed by atoms with Crippen molar-refractivity contribution in [3.05, 3.63) is 84.2 Å². The number of piperidine rings is 1.